The Bertz CT molecular complexity index is 328. The standard InChI is InChI=1S/C10H14N2O2/c11-5-4-8(12)7-2-1-3-9-10(7)14-6-13-9/h1-3,8H,4-6,11-12H2. The average molecular weight is 194 g/mol. The molecule has 0 bridgehead atoms. The summed E-state index contributed by atoms with van der Waals surface area (Å²) in [4.78, 5) is 0. The molecule has 1 aliphatic heterocycles. The predicted octanol–water partition coefficient (Wildman–Crippen LogP) is 0.764. The molecule has 0 spiro atoms. The lowest BCUT2D eigenvalue weighted by atomic mass is 10.0. The van der Waals surface area contributed by atoms with Crippen molar-refractivity contribution in [3.8, 4) is 11.5 Å². The zero-order chi connectivity index (χ0) is 9.97. The van der Waals surface area contributed by atoms with Crippen LogP contribution < -0.4 is 20.9 Å². The molecule has 0 radical (unpaired) electrons. The van der Waals surface area contributed by atoms with Gasteiger partial charge in [0.05, 0.1) is 0 Å². The normalized spacial score (nSPS) is 15.6. The van der Waals surface area contributed by atoms with Gasteiger partial charge in [-0.25, -0.2) is 0 Å². The third-order valence-corrected chi connectivity index (χ3v) is 2.30. The van der Waals surface area contributed by atoms with Crippen LogP contribution in [-0.4, -0.2) is 13.3 Å². The van der Waals surface area contributed by atoms with Crippen LogP contribution >= 0.6 is 0 Å². The highest BCUT2D eigenvalue weighted by atomic mass is 16.7. The van der Waals surface area contributed by atoms with Crippen LogP contribution in [0.5, 0.6) is 11.5 Å². The van der Waals surface area contributed by atoms with Gasteiger partial charge in [0.2, 0.25) is 6.79 Å². The molecule has 76 valence electrons. The molecule has 2 rings (SSSR count). The Morgan fingerprint density at radius 2 is 2.21 bits per heavy atom. The Hall–Kier alpha value is -1.26. The Balaban J connectivity index is 2.29. The van der Waals surface area contributed by atoms with E-state index in [1.54, 1.807) is 0 Å². The molecule has 1 aromatic carbocycles. The molecule has 1 heterocycles. The van der Waals surface area contributed by atoms with Gasteiger partial charge in [-0.3, -0.25) is 0 Å². The van der Waals surface area contributed by atoms with Gasteiger partial charge in [-0.15, -0.1) is 0 Å². The summed E-state index contributed by atoms with van der Waals surface area (Å²) in [5, 5.41) is 0. The van der Waals surface area contributed by atoms with E-state index in [0.717, 1.165) is 23.5 Å². The summed E-state index contributed by atoms with van der Waals surface area (Å²) < 4.78 is 10.6. The first-order valence-corrected chi connectivity index (χ1v) is 4.67. The number of hydrogen-bond acceptors (Lipinski definition) is 4. The van der Waals surface area contributed by atoms with Crippen molar-refractivity contribution in [2.24, 2.45) is 11.5 Å². The minimum absolute atomic E-state index is 0.0725. The lowest BCUT2D eigenvalue weighted by molar-refractivity contribution is 0.173. The van der Waals surface area contributed by atoms with Gasteiger partial charge in [-0.1, -0.05) is 12.1 Å². The van der Waals surface area contributed by atoms with Crippen LogP contribution in [0, 0.1) is 0 Å². The van der Waals surface area contributed by atoms with Gasteiger partial charge in [-0.2, -0.15) is 0 Å². The summed E-state index contributed by atoms with van der Waals surface area (Å²) in [7, 11) is 0. The molecular formula is C10H14N2O2. The van der Waals surface area contributed by atoms with Crippen LogP contribution in [0.15, 0.2) is 18.2 Å². The van der Waals surface area contributed by atoms with Crippen molar-refractivity contribution in [2.75, 3.05) is 13.3 Å². The maximum absolute atomic E-state index is 5.96. The van der Waals surface area contributed by atoms with E-state index in [2.05, 4.69) is 0 Å². The third-order valence-electron chi connectivity index (χ3n) is 2.30. The highest BCUT2D eigenvalue weighted by Crippen LogP contribution is 2.38. The topological polar surface area (TPSA) is 70.5 Å². The first-order valence-electron chi connectivity index (χ1n) is 4.67. The van der Waals surface area contributed by atoms with Gasteiger partial charge in [0, 0.05) is 11.6 Å². The summed E-state index contributed by atoms with van der Waals surface area (Å²) in [6, 6.07) is 5.67. The fourth-order valence-corrected chi connectivity index (χ4v) is 1.58. The second-order valence-corrected chi connectivity index (χ2v) is 3.26. The second-order valence-electron chi connectivity index (χ2n) is 3.26. The van der Waals surface area contributed by atoms with Crippen molar-refractivity contribution in [1.82, 2.24) is 0 Å². The summed E-state index contributed by atoms with van der Waals surface area (Å²) in [5.74, 6) is 1.54. The lowest BCUT2D eigenvalue weighted by Crippen LogP contribution is -2.15. The number of nitrogens with two attached hydrogens (primary N) is 2. The second kappa shape index (κ2) is 3.86. The number of ether oxygens (including phenoxy) is 2. The molecule has 0 saturated carbocycles. The number of para-hydroxylation sites is 1. The van der Waals surface area contributed by atoms with Crippen LogP contribution in [0.25, 0.3) is 0 Å². The molecule has 0 saturated heterocycles. The Labute approximate surface area is 82.8 Å². The molecule has 1 aliphatic rings. The summed E-state index contributed by atoms with van der Waals surface area (Å²) in [5.41, 5.74) is 12.4. The van der Waals surface area contributed by atoms with Crippen LogP contribution in [0.1, 0.15) is 18.0 Å². The van der Waals surface area contributed by atoms with Gasteiger partial charge < -0.3 is 20.9 Å². The van der Waals surface area contributed by atoms with Gasteiger partial charge in [0.15, 0.2) is 11.5 Å². The van der Waals surface area contributed by atoms with Gasteiger partial charge in [0.25, 0.3) is 0 Å². The highest BCUT2D eigenvalue weighted by molar-refractivity contribution is 5.49. The van der Waals surface area contributed by atoms with Crippen molar-refractivity contribution in [2.45, 2.75) is 12.5 Å². The summed E-state index contributed by atoms with van der Waals surface area (Å²) >= 11 is 0. The quantitative estimate of drug-likeness (QED) is 0.745. The van der Waals surface area contributed by atoms with Crippen molar-refractivity contribution in [3.05, 3.63) is 23.8 Å². The number of fused-ring (bicyclic) bond motifs is 1. The predicted molar refractivity (Wildman–Crippen MR) is 53.2 cm³/mol. The van der Waals surface area contributed by atoms with E-state index in [4.69, 9.17) is 20.9 Å². The molecule has 4 heteroatoms. The minimum atomic E-state index is -0.0725. The molecule has 4 N–H and O–H groups in total. The van der Waals surface area contributed by atoms with Crippen LogP contribution in [-0.2, 0) is 0 Å². The van der Waals surface area contributed by atoms with Gasteiger partial charge in [-0.05, 0) is 19.0 Å². The van der Waals surface area contributed by atoms with Crippen molar-refractivity contribution >= 4 is 0 Å². The molecule has 1 unspecified atom stereocenters. The maximum Gasteiger partial charge on any atom is 0.231 e. The maximum atomic E-state index is 5.96. The molecule has 4 nitrogen and oxygen atoms in total. The van der Waals surface area contributed by atoms with Crippen molar-refractivity contribution < 1.29 is 9.47 Å². The Morgan fingerprint density at radius 3 is 3.00 bits per heavy atom. The van der Waals surface area contributed by atoms with Crippen molar-refractivity contribution in [1.29, 1.82) is 0 Å². The number of benzene rings is 1. The Kier molecular flexibility index (Phi) is 2.56. The number of rotatable bonds is 3. The lowest BCUT2D eigenvalue weighted by Gasteiger charge is -2.12. The SMILES string of the molecule is NCCC(N)c1cccc2c1OCO2. The average Bonchev–Trinajstić information content (AvgIpc) is 2.65. The summed E-state index contributed by atoms with van der Waals surface area (Å²) in [6.07, 6.45) is 0.750. The molecule has 1 aromatic rings. The van der Waals surface area contributed by atoms with Crippen LogP contribution in [0.4, 0.5) is 0 Å². The summed E-state index contributed by atoms with van der Waals surface area (Å²) in [6.45, 7) is 0.855. The van der Waals surface area contributed by atoms with E-state index in [-0.39, 0.29) is 12.8 Å². The fraction of sp³-hybridized carbons (Fsp3) is 0.400. The van der Waals surface area contributed by atoms with Crippen molar-refractivity contribution in [3.63, 3.8) is 0 Å². The third kappa shape index (κ3) is 1.54. The van der Waals surface area contributed by atoms with Crippen LogP contribution in [0.2, 0.25) is 0 Å². The smallest absolute Gasteiger partial charge is 0.231 e. The number of hydrogen-bond donors (Lipinski definition) is 2. The molecule has 0 aliphatic carbocycles. The monoisotopic (exact) mass is 194 g/mol. The molecule has 14 heavy (non-hydrogen) atoms. The minimum Gasteiger partial charge on any atom is -0.454 e. The van der Waals surface area contributed by atoms with E-state index in [0.29, 0.717) is 6.54 Å². The molecule has 0 aromatic heterocycles. The first-order chi connectivity index (χ1) is 6.83. The Morgan fingerprint density at radius 1 is 1.36 bits per heavy atom. The van der Waals surface area contributed by atoms with Gasteiger partial charge >= 0.3 is 0 Å². The fourth-order valence-electron chi connectivity index (χ4n) is 1.58. The molecular weight excluding hydrogens is 180 g/mol. The molecule has 0 amide bonds. The van der Waals surface area contributed by atoms with E-state index in [1.807, 2.05) is 18.2 Å². The first kappa shape index (κ1) is 9.30. The van der Waals surface area contributed by atoms with E-state index in [1.165, 1.54) is 0 Å². The van der Waals surface area contributed by atoms with Crippen LogP contribution in [0.3, 0.4) is 0 Å². The van der Waals surface area contributed by atoms with E-state index in [9.17, 15) is 0 Å². The highest BCUT2D eigenvalue weighted by Gasteiger charge is 2.20. The zero-order valence-corrected chi connectivity index (χ0v) is 7.90. The van der Waals surface area contributed by atoms with Gasteiger partial charge in [0.1, 0.15) is 0 Å². The largest absolute Gasteiger partial charge is 0.454 e. The zero-order valence-electron chi connectivity index (χ0n) is 7.90. The molecule has 0 fully saturated rings. The molecule has 1 atom stereocenters. The van der Waals surface area contributed by atoms with E-state index >= 15 is 0 Å². The van der Waals surface area contributed by atoms with E-state index < -0.39 is 0 Å².